The maximum atomic E-state index is 11.9. The van der Waals surface area contributed by atoms with Crippen LogP contribution in [-0.2, 0) is 4.79 Å². The van der Waals surface area contributed by atoms with Crippen LogP contribution in [0.2, 0.25) is 0 Å². The molecule has 0 spiro atoms. The van der Waals surface area contributed by atoms with Gasteiger partial charge in [0.2, 0.25) is 0 Å². The zero-order chi connectivity index (χ0) is 13.1. The molecule has 0 bridgehead atoms. The monoisotopic (exact) mass is 313 g/mol. The first kappa shape index (κ1) is 12.8. The van der Waals surface area contributed by atoms with E-state index in [4.69, 9.17) is 5.11 Å². The molecular formula is C11H12BrN3O3. The number of carbonyl (C=O) groups excluding carboxylic acids is 1. The zero-order valence-corrected chi connectivity index (χ0v) is 11.1. The van der Waals surface area contributed by atoms with Crippen molar-refractivity contribution in [2.45, 2.75) is 6.42 Å². The third kappa shape index (κ3) is 2.98. The van der Waals surface area contributed by atoms with Crippen LogP contribution < -0.4 is 5.32 Å². The average molecular weight is 314 g/mol. The molecule has 6 nitrogen and oxygen atoms in total. The zero-order valence-electron chi connectivity index (χ0n) is 9.47. The maximum Gasteiger partial charge on any atom is 0.321 e. The van der Waals surface area contributed by atoms with Gasteiger partial charge in [-0.05, 0) is 28.4 Å². The number of hydrogen-bond acceptors (Lipinski definition) is 3. The van der Waals surface area contributed by atoms with E-state index >= 15 is 0 Å². The molecule has 18 heavy (non-hydrogen) atoms. The molecule has 1 unspecified atom stereocenters. The number of likely N-dealkylation sites (tertiary alicyclic amines) is 1. The van der Waals surface area contributed by atoms with Crippen molar-refractivity contribution >= 4 is 33.6 Å². The molecule has 96 valence electrons. The predicted octanol–water partition coefficient (Wildman–Crippen LogP) is 1.78. The van der Waals surface area contributed by atoms with E-state index in [0.29, 0.717) is 18.7 Å². The Morgan fingerprint density at radius 3 is 2.89 bits per heavy atom. The minimum atomic E-state index is -0.852. The number of halogens is 1. The maximum absolute atomic E-state index is 11.9. The van der Waals surface area contributed by atoms with Gasteiger partial charge in [0.1, 0.15) is 0 Å². The number of anilines is 1. The Labute approximate surface area is 112 Å². The van der Waals surface area contributed by atoms with Crippen LogP contribution in [0.25, 0.3) is 0 Å². The molecular weight excluding hydrogens is 302 g/mol. The summed E-state index contributed by atoms with van der Waals surface area (Å²) >= 11 is 3.26. The van der Waals surface area contributed by atoms with Crippen molar-refractivity contribution in [2.75, 3.05) is 18.4 Å². The van der Waals surface area contributed by atoms with Crippen molar-refractivity contribution in [1.82, 2.24) is 9.88 Å². The number of carboxylic acid groups (broad SMARTS) is 1. The number of aliphatic carboxylic acids is 1. The summed E-state index contributed by atoms with van der Waals surface area (Å²) in [6.45, 7) is 0.715. The normalized spacial score (nSPS) is 18.7. The van der Waals surface area contributed by atoms with E-state index in [9.17, 15) is 9.59 Å². The van der Waals surface area contributed by atoms with Crippen LogP contribution in [0.1, 0.15) is 6.42 Å². The van der Waals surface area contributed by atoms with Crippen LogP contribution >= 0.6 is 15.9 Å². The number of urea groups is 1. The minimum absolute atomic E-state index is 0.253. The minimum Gasteiger partial charge on any atom is -0.481 e. The van der Waals surface area contributed by atoms with Gasteiger partial charge in [-0.2, -0.15) is 0 Å². The Bertz CT molecular complexity index is 480. The number of hydrogen-bond donors (Lipinski definition) is 2. The molecule has 1 fully saturated rings. The second-order valence-electron chi connectivity index (χ2n) is 4.09. The largest absolute Gasteiger partial charge is 0.481 e. The highest BCUT2D eigenvalue weighted by molar-refractivity contribution is 9.10. The predicted molar refractivity (Wildman–Crippen MR) is 68.3 cm³/mol. The summed E-state index contributed by atoms with van der Waals surface area (Å²) in [6, 6.07) is 1.44. The van der Waals surface area contributed by atoms with Gasteiger partial charge in [-0.1, -0.05) is 0 Å². The first-order valence-electron chi connectivity index (χ1n) is 5.45. The number of nitrogens with one attached hydrogen (secondary N) is 1. The van der Waals surface area contributed by atoms with Crippen molar-refractivity contribution in [3.63, 3.8) is 0 Å². The van der Waals surface area contributed by atoms with Gasteiger partial charge in [-0.3, -0.25) is 9.78 Å². The lowest BCUT2D eigenvalue weighted by atomic mass is 10.1. The van der Waals surface area contributed by atoms with Crippen LogP contribution in [0, 0.1) is 5.92 Å². The van der Waals surface area contributed by atoms with Crippen molar-refractivity contribution in [3.8, 4) is 0 Å². The highest BCUT2D eigenvalue weighted by Crippen LogP contribution is 2.19. The van der Waals surface area contributed by atoms with Gasteiger partial charge in [0.05, 0.1) is 17.8 Å². The first-order chi connectivity index (χ1) is 8.56. The van der Waals surface area contributed by atoms with E-state index in [2.05, 4.69) is 26.2 Å². The number of rotatable bonds is 2. The topological polar surface area (TPSA) is 82.5 Å². The lowest BCUT2D eigenvalue weighted by Gasteiger charge is -2.16. The fourth-order valence-electron chi connectivity index (χ4n) is 1.83. The summed E-state index contributed by atoms with van der Waals surface area (Å²) < 4.78 is 0.769. The van der Waals surface area contributed by atoms with Gasteiger partial charge in [0.25, 0.3) is 0 Å². The van der Waals surface area contributed by atoms with E-state index in [1.165, 1.54) is 11.1 Å². The number of aromatic nitrogens is 1. The van der Waals surface area contributed by atoms with Crippen LogP contribution in [0.3, 0.4) is 0 Å². The summed E-state index contributed by atoms with van der Waals surface area (Å²) in [7, 11) is 0. The van der Waals surface area contributed by atoms with Crippen molar-refractivity contribution in [3.05, 3.63) is 22.9 Å². The molecule has 1 aromatic heterocycles. The molecule has 7 heteroatoms. The van der Waals surface area contributed by atoms with E-state index in [0.717, 1.165) is 4.47 Å². The average Bonchev–Trinajstić information content (AvgIpc) is 2.78. The molecule has 0 aliphatic carbocycles. The van der Waals surface area contributed by atoms with Gasteiger partial charge in [0.15, 0.2) is 0 Å². The molecule has 0 radical (unpaired) electrons. The van der Waals surface area contributed by atoms with Crippen LogP contribution in [0.4, 0.5) is 10.5 Å². The highest BCUT2D eigenvalue weighted by atomic mass is 79.9. The summed E-state index contributed by atoms with van der Waals surface area (Å²) in [4.78, 5) is 28.1. The molecule has 2 heterocycles. The smallest absolute Gasteiger partial charge is 0.321 e. The van der Waals surface area contributed by atoms with E-state index in [1.807, 2.05) is 0 Å². The summed E-state index contributed by atoms with van der Waals surface area (Å²) in [5.74, 6) is -1.31. The number of pyridine rings is 1. The molecule has 2 amide bonds. The molecule has 1 saturated heterocycles. The third-order valence-corrected chi connectivity index (χ3v) is 3.21. The number of carbonyl (C=O) groups is 2. The summed E-state index contributed by atoms with van der Waals surface area (Å²) in [5.41, 5.74) is 0.577. The summed E-state index contributed by atoms with van der Waals surface area (Å²) in [5, 5.41) is 11.6. The first-order valence-corrected chi connectivity index (χ1v) is 6.25. The standard InChI is InChI=1S/C11H12BrN3O3/c12-8-3-9(5-13-4-8)14-11(18)15-2-1-7(6-15)10(16)17/h3-5,7H,1-2,6H2,(H,14,18)(H,16,17). The second-order valence-corrected chi connectivity index (χ2v) is 5.01. The van der Waals surface area contributed by atoms with Crippen LogP contribution in [-0.4, -0.2) is 40.1 Å². The van der Waals surface area contributed by atoms with Crippen molar-refractivity contribution < 1.29 is 14.7 Å². The number of carboxylic acids is 1. The molecule has 1 aromatic rings. The molecule has 1 aliphatic rings. The summed E-state index contributed by atoms with van der Waals surface area (Å²) in [6.07, 6.45) is 3.65. The van der Waals surface area contributed by atoms with Gasteiger partial charge in [-0.15, -0.1) is 0 Å². The molecule has 0 saturated carbocycles. The van der Waals surface area contributed by atoms with Crippen molar-refractivity contribution in [2.24, 2.45) is 5.92 Å². The van der Waals surface area contributed by atoms with E-state index < -0.39 is 11.9 Å². The molecule has 2 rings (SSSR count). The number of nitrogens with zero attached hydrogens (tertiary/aromatic N) is 2. The lowest BCUT2D eigenvalue weighted by molar-refractivity contribution is -0.141. The van der Waals surface area contributed by atoms with E-state index in [1.54, 1.807) is 12.3 Å². The Morgan fingerprint density at radius 2 is 2.28 bits per heavy atom. The lowest BCUT2D eigenvalue weighted by Crippen LogP contribution is -2.33. The number of amides is 2. The van der Waals surface area contributed by atoms with Gasteiger partial charge in [-0.25, -0.2) is 4.79 Å². The van der Waals surface area contributed by atoms with Gasteiger partial charge >= 0.3 is 12.0 Å². The molecule has 0 aromatic carbocycles. The SMILES string of the molecule is O=C(O)C1CCN(C(=O)Nc2cncc(Br)c2)C1. The quantitative estimate of drug-likeness (QED) is 0.872. The fourth-order valence-corrected chi connectivity index (χ4v) is 2.19. The highest BCUT2D eigenvalue weighted by Gasteiger charge is 2.30. The third-order valence-electron chi connectivity index (χ3n) is 2.78. The van der Waals surface area contributed by atoms with Crippen LogP contribution in [0.5, 0.6) is 0 Å². The van der Waals surface area contributed by atoms with Gasteiger partial charge < -0.3 is 15.3 Å². The molecule has 1 aliphatic heterocycles. The van der Waals surface area contributed by atoms with Crippen molar-refractivity contribution in [1.29, 1.82) is 0 Å². The Hall–Kier alpha value is -1.63. The fraction of sp³-hybridized carbons (Fsp3) is 0.364. The van der Waals surface area contributed by atoms with Gasteiger partial charge in [0, 0.05) is 23.8 Å². The molecule has 1 atom stereocenters. The Kier molecular flexibility index (Phi) is 3.81. The second kappa shape index (κ2) is 5.34. The van der Waals surface area contributed by atoms with E-state index in [-0.39, 0.29) is 12.6 Å². The van der Waals surface area contributed by atoms with Crippen LogP contribution in [0.15, 0.2) is 22.9 Å². The molecule has 2 N–H and O–H groups in total. The Morgan fingerprint density at radius 1 is 1.50 bits per heavy atom. The Balaban J connectivity index is 1.95.